The van der Waals surface area contributed by atoms with Gasteiger partial charge in [0.25, 0.3) is 0 Å². The van der Waals surface area contributed by atoms with E-state index in [0.717, 1.165) is 50.9 Å². The summed E-state index contributed by atoms with van der Waals surface area (Å²) in [6, 6.07) is 12.2. The van der Waals surface area contributed by atoms with Gasteiger partial charge in [0.05, 0.1) is 11.0 Å². The summed E-state index contributed by atoms with van der Waals surface area (Å²) in [6.07, 6.45) is 1.28. The lowest BCUT2D eigenvalue weighted by Crippen LogP contribution is -2.40. The second kappa shape index (κ2) is 8.91. The lowest BCUT2D eigenvalue weighted by atomic mass is 9.92. The molecule has 0 aliphatic carbocycles. The predicted molar refractivity (Wildman–Crippen MR) is 133 cm³/mol. The lowest BCUT2D eigenvalue weighted by molar-refractivity contribution is 0.0236. The number of piperidine rings is 1. The average Bonchev–Trinajstić information content (AvgIpc) is 3.11. The number of hydrogen-bond acceptors (Lipinski definition) is 3. The molecule has 1 aliphatic heterocycles. The van der Waals surface area contributed by atoms with Crippen molar-refractivity contribution in [3.05, 3.63) is 68.4 Å². The summed E-state index contributed by atoms with van der Waals surface area (Å²) in [5.74, 6) is 0.824. The van der Waals surface area contributed by atoms with Crippen molar-refractivity contribution in [1.29, 1.82) is 0 Å². The topological polar surface area (TPSA) is 58.2 Å². The number of likely N-dealkylation sites (tertiary alicyclic amines) is 1. The Morgan fingerprint density at radius 1 is 1.16 bits per heavy atom. The highest BCUT2D eigenvalue weighted by Gasteiger charge is 2.27. The molecule has 1 saturated heterocycles. The van der Waals surface area contributed by atoms with Crippen LogP contribution in [0.5, 0.6) is 0 Å². The average molecular weight is 517 g/mol. The van der Waals surface area contributed by atoms with Gasteiger partial charge in [0.1, 0.15) is 11.4 Å². The number of H-pyrrole nitrogens is 1. The van der Waals surface area contributed by atoms with Gasteiger partial charge in [-0.15, -0.1) is 0 Å². The fourth-order valence-electron chi connectivity index (χ4n) is 3.92. The zero-order valence-electron chi connectivity index (χ0n) is 18.8. The number of aromatic amines is 1. The first-order valence-electron chi connectivity index (χ1n) is 10.7. The molecule has 7 heteroatoms. The normalized spacial score (nSPS) is 14.7. The Bertz CT molecular complexity index is 1140. The maximum Gasteiger partial charge on any atom is 0.410 e. The van der Waals surface area contributed by atoms with Crippen molar-refractivity contribution in [2.45, 2.75) is 46.1 Å². The van der Waals surface area contributed by atoms with Gasteiger partial charge in [-0.05, 0) is 75.9 Å². The van der Waals surface area contributed by atoms with E-state index in [4.69, 9.17) is 21.3 Å². The molecule has 0 spiro atoms. The summed E-state index contributed by atoms with van der Waals surface area (Å²) < 4.78 is 6.58. The minimum absolute atomic E-state index is 0.254. The van der Waals surface area contributed by atoms with Crippen molar-refractivity contribution in [3.8, 4) is 0 Å². The molecule has 0 radical (unpaired) electrons. The van der Waals surface area contributed by atoms with Gasteiger partial charge in [-0.1, -0.05) is 45.2 Å². The van der Waals surface area contributed by atoms with Crippen molar-refractivity contribution in [1.82, 2.24) is 14.9 Å². The highest BCUT2D eigenvalue weighted by atomic mass is 79.9. The molecule has 1 fully saturated rings. The first kappa shape index (κ1) is 22.9. The Labute approximate surface area is 201 Å². The van der Waals surface area contributed by atoms with E-state index in [1.54, 1.807) is 4.90 Å². The molecule has 3 aromatic rings. The van der Waals surface area contributed by atoms with E-state index < -0.39 is 5.60 Å². The first-order chi connectivity index (χ1) is 15.1. The molecule has 0 saturated carbocycles. The first-order valence-corrected chi connectivity index (χ1v) is 11.9. The number of fused-ring (bicyclic) bond motifs is 1. The summed E-state index contributed by atoms with van der Waals surface area (Å²) >= 11 is 9.86. The summed E-state index contributed by atoms with van der Waals surface area (Å²) in [6.45, 7) is 8.90. The largest absolute Gasteiger partial charge is 0.444 e. The van der Waals surface area contributed by atoms with Gasteiger partial charge in [0.15, 0.2) is 0 Å². The molecule has 0 unspecified atom stereocenters. The van der Waals surface area contributed by atoms with Gasteiger partial charge in [-0.25, -0.2) is 9.78 Å². The third-order valence-corrected chi connectivity index (χ3v) is 6.44. The van der Waals surface area contributed by atoms with E-state index in [1.165, 1.54) is 5.57 Å². The van der Waals surface area contributed by atoms with Crippen LogP contribution in [-0.2, 0) is 4.74 Å². The van der Waals surface area contributed by atoms with E-state index in [-0.39, 0.29) is 6.09 Å². The Morgan fingerprint density at radius 2 is 1.81 bits per heavy atom. The number of carbonyl (C=O) groups is 1. The summed E-state index contributed by atoms with van der Waals surface area (Å²) in [4.78, 5) is 22.7. The number of imidazole rings is 1. The molecule has 2 heterocycles. The maximum absolute atomic E-state index is 12.5. The van der Waals surface area contributed by atoms with Crippen molar-refractivity contribution >= 4 is 50.2 Å². The van der Waals surface area contributed by atoms with Crippen LogP contribution < -0.4 is 0 Å². The monoisotopic (exact) mass is 515 g/mol. The number of nitrogens with one attached hydrogen (secondary N) is 1. The van der Waals surface area contributed by atoms with E-state index in [0.29, 0.717) is 18.1 Å². The molecular formula is C25H27BrClN3O2. The van der Waals surface area contributed by atoms with Crippen LogP contribution in [0.2, 0.25) is 5.02 Å². The van der Waals surface area contributed by atoms with Gasteiger partial charge in [-0.2, -0.15) is 0 Å². The number of hydrogen-bond donors (Lipinski definition) is 1. The number of nitrogens with zero attached hydrogens (tertiary/aromatic N) is 2. The van der Waals surface area contributed by atoms with Crippen LogP contribution in [0.25, 0.3) is 16.6 Å². The molecule has 1 N–H and O–H groups in total. The number of amides is 1. The van der Waals surface area contributed by atoms with Crippen molar-refractivity contribution in [3.63, 3.8) is 0 Å². The molecule has 168 valence electrons. The fraction of sp³-hybridized carbons (Fsp3) is 0.360. The molecule has 1 amide bonds. The SMILES string of the molecule is Cc1cc2[nH]c(C(=C3CCN(C(=O)OC(C)(C)C)CC3)c3ccc(Br)cc3)nc2cc1Cl. The smallest absolute Gasteiger partial charge is 0.410 e. The van der Waals surface area contributed by atoms with Crippen LogP contribution in [0.15, 0.2) is 46.4 Å². The molecule has 1 aromatic heterocycles. The van der Waals surface area contributed by atoms with Crippen LogP contribution in [0, 0.1) is 6.92 Å². The minimum atomic E-state index is -0.497. The lowest BCUT2D eigenvalue weighted by Gasteiger charge is -2.31. The highest BCUT2D eigenvalue weighted by Crippen LogP contribution is 2.34. The molecule has 5 nitrogen and oxygen atoms in total. The van der Waals surface area contributed by atoms with Crippen LogP contribution in [0.1, 0.15) is 50.6 Å². The van der Waals surface area contributed by atoms with Gasteiger partial charge in [0.2, 0.25) is 0 Å². The van der Waals surface area contributed by atoms with Crippen LogP contribution in [0.3, 0.4) is 0 Å². The number of carbonyl (C=O) groups excluding carboxylic acids is 1. The second-order valence-electron chi connectivity index (χ2n) is 9.16. The Kier molecular flexibility index (Phi) is 6.37. The standard InChI is InChI=1S/C25H27BrClN3O2/c1-15-13-20-21(14-19(15)27)29-23(28-20)22(16-5-7-18(26)8-6-16)17-9-11-30(12-10-17)24(31)32-25(2,3)4/h5-8,13-14H,9-12H2,1-4H3,(H,28,29). The van der Waals surface area contributed by atoms with Gasteiger partial charge in [0, 0.05) is 28.2 Å². The third kappa shape index (κ3) is 5.02. The van der Waals surface area contributed by atoms with E-state index in [1.807, 2.05) is 52.0 Å². The molecule has 2 aromatic carbocycles. The number of halogens is 2. The number of rotatable bonds is 2. The molecule has 4 rings (SSSR count). The molecule has 1 aliphatic rings. The number of aromatic nitrogens is 2. The van der Waals surface area contributed by atoms with Crippen molar-refractivity contribution in [2.75, 3.05) is 13.1 Å². The van der Waals surface area contributed by atoms with Crippen LogP contribution in [-0.4, -0.2) is 39.7 Å². The van der Waals surface area contributed by atoms with E-state index in [2.05, 4.69) is 33.0 Å². The van der Waals surface area contributed by atoms with Gasteiger partial charge >= 0.3 is 6.09 Å². The van der Waals surface area contributed by atoms with Gasteiger partial charge < -0.3 is 14.6 Å². The Morgan fingerprint density at radius 3 is 2.44 bits per heavy atom. The summed E-state index contributed by atoms with van der Waals surface area (Å²) in [7, 11) is 0. The van der Waals surface area contributed by atoms with Gasteiger partial charge in [-0.3, -0.25) is 0 Å². The van der Waals surface area contributed by atoms with Crippen molar-refractivity contribution < 1.29 is 9.53 Å². The molecular weight excluding hydrogens is 490 g/mol. The second-order valence-corrected chi connectivity index (χ2v) is 10.5. The molecule has 0 atom stereocenters. The van der Waals surface area contributed by atoms with Crippen molar-refractivity contribution in [2.24, 2.45) is 0 Å². The van der Waals surface area contributed by atoms with Crippen LogP contribution in [0.4, 0.5) is 4.79 Å². The Balaban J connectivity index is 1.71. The quantitative estimate of drug-likeness (QED) is 0.394. The number of aryl methyl sites for hydroxylation is 1. The number of ether oxygens (including phenoxy) is 1. The maximum atomic E-state index is 12.5. The fourth-order valence-corrected chi connectivity index (χ4v) is 4.34. The third-order valence-electron chi connectivity index (χ3n) is 5.50. The molecule has 32 heavy (non-hydrogen) atoms. The summed E-state index contributed by atoms with van der Waals surface area (Å²) in [5.41, 5.74) is 5.78. The van der Waals surface area contributed by atoms with Crippen LogP contribution >= 0.6 is 27.5 Å². The summed E-state index contributed by atoms with van der Waals surface area (Å²) in [5, 5.41) is 0.707. The highest BCUT2D eigenvalue weighted by molar-refractivity contribution is 9.10. The van der Waals surface area contributed by atoms with E-state index in [9.17, 15) is 4.79 Å². The molecule has 0 bridgehead atoms. The zero-order valence-corrected chi connectivity index (χ0v) is 21.1. The minimum Gasteiger partial charge on any atom is -0.444 e. The zero-order chi connectivity index (χ0) is 23.0. The van der Waals surface area contributed by atoms with E-state index >= 15 is 0 Å². The predicted octanol–water partition coefficient (Wildman–Crippen LogP) is 7.12. The Hall–Kier alpha value is -2.31. The number of benzene rings is 2.